The summed E-state index contributed by atoms with van der Waals surface area (Å²) in [7, 11) is 0. The van der Waals surface area contributed by atoms with Gasteiger partial charge >= 0.3 is 6.09 Å². The lowest BCUT2D eigenvalue weighted by molar-refractivity contribution is -0.0856. The molecular formula is C18H26N2O2. The van der Waals surface area contributed by atoms with Crippen molar-refractivity contribution in [3.8, 4) is 0 Å². The van der Waals surface area contributed by atoms with Gasteiger partial charge in [-0.3, -0.25) is 0 Å². The van der Waals surface area contributed by atoms with Crippen molar-refractivity contribution in [2.45, 2.75) is 45.3 Å². The highest BCUT2D eigenvalue weighted by atomic mass is 16.6. The Bertz CT molecular complexity index is 530. The van der Waals surface area contributed by atoms with Crippen LogP contribution in [-0.4, -0.2) is 42.3 Å². The first kappa shape index (κ1) is 15.3. The minimum Gasteiger partial charge on any atom is -0.444 e. The molecule has 1 aromatic rings. The molecule has 2 saturated heterocycles. The second-order valence-corrected chi connectivity index (χ2v) is 7.66. The predicted octanol–water partition coefficient (Wildman–Crippen LogP) is 2.83. The van der Waals surface area contributed by atoms with Gasteiger partial charge in [0.2, 0.25) is 0 Å². The third-order valence-electron chi connectivity index (χ3n) is 4.67. The van der Waals surface area contributed by atoms with Crippen LogP contribution in [-0.2, 0) is 11.2 Å². The Morgan fingerprint density at radius 2 is 2.00 bits per heavy atom. The van der Waals surface area contributed by atoms with E-state index in [1.54, 1.807) is 0 Å². The van der Waals surface area contributed by atoms with Crippen LogP contribution in [0.15, 0.2) is 30.3 Å². The zero-order chi connectivity index (χ0) is 15.8. The molecule has 0 aromatic heterocycles. The van der Waals surface area contributed by atoms with Crippen LogP contribution in [0.2, 0.25) is 0 Å². The Morgan fingerprint density at radius 3 is 2.55 bits per heavy atom. The zero-order valence-corrected chi connectivity index (χ0v) is 13.8. The molecule has 120 valence electrons. The van der Waals surface area contributed by atoms with E-state index in [0.29, 0.717) is 6.04 Å². The number of nitrogens with zero attached hydrogens (tertiary/aromatic N) is 1. The van der Waals surface area contributed by atoms with Crippen LogP contribution in [0.5, 0.6) is 0 Å². The number of likely N-dealkylation sites (tertiary alicyclic amines) is 1. The minimum absolute atomic E-state index is 0.174. The van der Waals surface area contributed by atoms with Crippen LogP contribution in [0.4, 0.5) is 4.79 Å². The third-order valence-corrected chi connectivity index (χ3v) is 4.67. The number of carbonyl (C=O) groups excluding carboxylic acids is 1. The molecule has 0 unspecified atom stereocenters. The Kier molecular flexibility index (Phi) is 3.89. The van der Waals surface area contributed by atoms with Gasteiger partial charge in [0.15, 0.2) is 0 Å². The fourth-order valence-electron chi connectivity index (χ4n) is 3.40. The van der Waals surface area contributed by atoms with Gasteiger partial charge in [0.1, 0.15) is 5.60 Å². The zero-order valence-electron chi connectivity index (χ0n) is 13.8. The summed E-state index contributed by atoms with van der Waals surface area (Å²) >= 11 is 0. The van der Waals surface area contributed by atoms with Gasteiger partial charge < -0.3 is 15.0 Å². The number of ether oxygens (including phenoxy) is 1. The van der Waals surface area contributed by atoms with E-state index in [1.165, 1.54) is 5.56 Å². The number of carbonyl (C=O) groups is 1. The highest BCUT2D eigenvalue weighted by molar-refractivity contribution is 5.69. The molecule has 2 fully saturated rings. The minimum atomic E-state index is -0.412. The molecule has 0 aliphatic carbocycles. The van der Waals surface area contributed by atoms with Crippen molar-refractivity contribution in [3.63, 3.8) is 0 Å². The van der Waals surface area contributed by atoms with Crippen molar-refractivity contribution in [2.24, 2.45) is 5.41 Å². The molecular weight excluding hydrogens is 276 g/mol. The molecule has 1 spiro atoms. The second kappa shape index (κ2) is 5.58. The lowest BCUT2D eigenvalue weighted by atomic mass is 9.66. The highest BCUT2D eigenvalue weighted by Crippen LogP contribution is 2.41. The monoisotopic (exact) mass is 302 g/mol. The molecule has 1 atom stereocenters. The first-order chi connectivity index (χ1) is 10.4. The second-order valence-electron chi connectivity index (χ2n) is 7.66. The maximum atomic E-state index is 12.0. The average molecular weight is 302 g/mol. The number of nitrogens with one attached hydrogen (secondary N) is 1. The van der Waals surface area contributed by atoms with Gasteiger partial charge in [-0.15, -0.1) is 0 Å². The molecule has 3 rings (SSSR count). The van der Waals surface area contributed by atoms with Gasteiger partial charge in [0.05, 0.1) is 0 Å². The number of benzene rings is 1. The van der Waals surface area contributed by atoms with E-state index in [1.807, 2.05) is 25.7 Å². The summed E-state index contributed by atoms with van der Waals surface area (Å²) in [6.07, 6.45) is 2.05. The summed E-state index contributed by atoms with van der Waals surface area (Å²) in [6, 6.07) is 11.1. The molecule has 0 bridgehead atoms. The van der Waals surface area contributed by atoms with Gasteiger partial charge in [0.25, 0.3) is 0 Å². The number of rotatable bonds is 3. The Labute approximate surface area is 132 Å². The van der Waals surface area contributed by atoms with E-state index < -0.39 is 5.60 Å². The van der Waals surface area contributed by atoms with Crippen molar-refractivity contribution >= 4 is 6.09 Å². The normalized spacial score (nSPS) is 22.9. The SMILES string of the molecule is CC(C)(C)OC(=O)N1CC2(CN[C@@H]2CCc2ccccc2)C1. The van der Waals surface area contributed by atoms with Crippen molar-refractivity contribution in [2.75, 3.05) is 19.6 Å². The molecule has 0 radical (unpaired) electrons. The summed E-state index contributed by atoms with van der Waals surface area (Å²) in [6.45, 7) is 8.41. The van der Waals surface area contributed by atoms with Crippen molar-refractivity contribution in [3.05, 3.63) is 35.9 Å². The van der Waals surface area contributed by atoms with E-state index in [2.05, 4.69) is 35.6 Å². The highest BCUT2D eigenvalue weighted by Gasteiger charge is 2.56. The predicted molar refractivity (Wildman–Crippen MR) is 86.8 cm³/mol. The van der Waals surface area contributed by atoms with Crippen LogP contribution in [0.25, 0.3) is 0 Å². The van der Waals surface area contributed by atoms with Crippen LogP contribution in [0, 0.1) is 5.41 Å². The topological polar surface area (TPSA) is 41.6 Å². The number of amides is 1. The molecule has 2 heterocycles. The number of hydrogen-bond acceptors (Lipinski definition) is 3. The molecule has 1 N–H and O–H groups in total. The van der Waals surface area contributed by atoms with Gasteiger partial charge in [-0.25, -0.2) is 4.79 Å². The maximum Gasteiger partial charge on any atom is 0.410 e. The van der Waals surface area contributed by atoms with Crippen molar-refractivity contribution in [1.82, 2.24) is 10.2 Å². The molecule has 22 heavy (non-hydrogen) atoms. The maximum absolute atomic E-state index is 12.0. The standard InChI is InChI=1S/C18H26N2O2/c1-17(2,3)22-16(21)20-12-18(13-20)11-19-15(18)10-9-14-7-5-4-6-8-14/h4-8,15,19H,9-13H2,1-3H3/t15-/m1/s1. The molecule has 4 heteroatoms. The van der Waals surface area contributed by atoms with Crippen molar-refractivity contribution < 1.29 is 9.53 Å². The van der Waals surface area contributed by atoms with E-state index in [0.717, 1.165) is 32.5 Å². The van der Waals surface area contributed by atoms with Crippen LogP contribution in [0.3, 0.4) is 0 Å². The Hall–Kier alpha value is -1.55. The van der Waals surface area contributed by atoms with Gasteiger partial charge in [-0.1, -0.05) is 30.3 Å². The number of aryl methyl sites for hydroxylation is 1. The van der Waals surface area contributed by atoms with Gasteiger partial charge in [-0.05, 0) is 39.2 Å². The summed E-state index contributed by atoms with van der Waals surface area (Å²) in [5.41, 5.74) is 1.26. The van der Waals surface area contributed by atoms with Gasteiger partial charge in [-0.2, -0.15) is 0 Å². The largest absolute Gasteiger partial charge is 0.444 e. The molecule has 2 aliphatic heterocycles. The Balaban J connectivity index is 1.47. The first-order valence-electron chi connectivity index (χ1n) is 8.13. The quantitative estimate of drug-likeness (QED) is 0.933. The third kappa shape index (κ3) is 3.12. The van der Waals surface area contributed by atoms with Crippen LogP contribution < -0.4 is 5.32 Å². The average Bonchev–Trinajstić information content (AvgIpc) is 2.35. The van der Waals surface area contributed by atoms with E-state index in [4.69, 9.17) is 4.74 Å². The van der Waals surface area contributed by atoms with Crippen molar-refractivity contribution in [1.29, 1.82) is 0 Å². The lowest BCUT2D eigenvalue weighted by Crippen LogP contribution is -2.77. The smallest absolute Gasteiger partial charge is 0.410 e. The Morgan fingerprint density at radius 1 is 1.32 bits per heavy atom. The van der Waals surface area contributed by atoms with E-state index in [9.17, 15) is 4.79 Å². The van der Waals surface area contributed by atoms with E-state index >= 15 is 0 Å². The summed E-state index contributed by atoms with van der Waals surface area (Å²) in [5, 5.41) is 3.54. The fraction of sp³-hybridized carbons (Fsp3) is 0.611. The molecule has 4 nitrogen and oxygen atoms in total. The molecule has 1 amide bonds. The fourth-order valence-corrected chi connectivity index (χ4v) is 3.40. The van der Waals surface area contributed by atoms with Crippen LogP contribution >= 0.6 is 0 Å². The summed E-state index contributed by atoms with van der Waals surface area (Å²) in [4.78, 5) is 13.9. The lowest BCUT2D eigenvalue weighted by Gasteiger charge is -2.60. The first-order valence-corrected chi connectivity index (χ1v) is 8.13. The summed E-state index contributed by atoms with van der Waals surface area (Å²) in [5.74, 6) is 0. The summed E-state index contributed by atoms with van der Waals surface area (Å²) < 4.78 is 5.43. The van der Waals surface area contributed by atoms with E-state index in [-0.39, 0.29) is 11.5 Å². The van der Waals surface area contributed by atoms with Gasteiger partial charge in [0, 0.05) is 31.1 Å². The van der Waals surface area contributed by atoms with Crippen LogP contribution in [0.1, 0.15) is 32.8 Å². The molecule has 0 saturated carbocycles. The molecule has 2 aliphatic rings. The molecule has 1 aromatic carbocycles. The number of hydrogen-bond donors (Lipinski definition) is 1.